The fraction of sp³-hybridized carbons (Fsp3) is 0.500. The summed E-state index contributed by atoms with van der Waals surface area (Å²) in [6.45, 7) is 3.54. The molecule has 3 N–H and O–H groups in total. The van der Waals surface area contributed by atoms with Gasteiger partial charge in [-0.15, -0.1) is 0 Å². The number of rotatable bonds is 3. The van der Waals surface area contributed by atoms with E-state index >= 15 is 0 Å². The summed E-state index contributed by atoms with van der Waals surface area (Å²) in [7, 11) is 0. The Morgan fingerprint density at radius 1 is 1.31 bits per heavy atom. The fourth-order valence-corrected chi connectivity index (χ4v) is 1.98. The highest BCUT2D eigenvalue weighted by Gasteiger charge is 2.18. The van der Waals surface area contributed by atoms with Gasteiger partial charge in [-0.3, -0.25) is 0 Å². The lowest BCUT2D eigenvalue weighted by atomic mass is 10.1. The molecule has 88 valence electrons. The molecular formula is C12H17NO3. The lowest BCUT2D eigenvalue weighted by molar-refractivity contribution is 0.188. The molecule has 4 nitrogen and oxygen atoms in total. The van der Waals surface area contributed by atoms with Gasteiger partial charge in [-0.05, 0) is 31.0 Å². The van der Waals surface area contributed by atoms with E-state index in [1.807, 2.05) is 6.92 Å². The molecule has 2 unspecified atom stereocenters. The molecule has 1 aromatic rings. The Morgan fingerprint density at radius 2 is 2.00 bits per heavy atom. The number of hydrogen-bond donors (Lipinski definition) is 3. The van der Waals surface area contributed by atoms with E-state index in [2.05, 4.69) is 5.32 Å². The van der Waals surface area contributed by atoms with Gasteiger partial charge in [0.15, 0.2) is 0 Å². The van der Waals surface area contributed by atoms with Crippen LogP contribution in [0.4, 0.5) is 0 Å². The monoisotopic (exact) mass is 223 g/mol. The van der Waals surface area contributed by atoms with E-state index in [0.29, 0.717) is 6.04 Å². The Hall–Kier alpha value is -1.26. The molecule has 0 spiro atoms. The first-order valence-electron chi connectivity index (χ1n) is 5.52. The normalized spacial score (nSPS) is 22.2. The van der Waals surface area contributed by atoms with Crippen LogP contribution < -0.4 is 5.32 Å². The molecule has 1 aliphatic heterocycles. The second kappa shape index (κ2) is 4.72. The van der Waals surface area contributed by atoms with Gasteiger partial charge in [0, 0.05) is 24.8 Å². The van der Waals surface area contributed by atoms with Crippen LogP contribution in [0.25, 0.3) is 0 Å². The molecule has 1 heterocycles. The molecule has 1 fully saturated rings. The second-order valence-corrected chi connectivity index (χ2v) is 4.23. The number of benzene rings is 1. The number of aromatic hydroxyl groups is 2. The third kappa shape index (κ3) is 2.65. The number of phenolic OH excluding ortho intramolecular Hbond substituents is 2. The van der Waals surface area contributed by atoms with Crippen molar-refractivity contribution in [2.24, 2.45) is 0 Å². The van der Waals surface area contributed by atoms with E-state index in [1.165, 1.54) is 6.07 Å². The first-order valence-corrected chi connectivity index (χ1v) is 5.52. The lowest BCUT2D eigenvalue weighted by Crippen LogP contribution is -2.31. The number of hydrogen-bond acceptors (Lipinski definition) is 4. The van der Waals surface area contributed by atoms with Crippen molar-refractivity contribution in [2.45, 2.75) is 25.4 Å². The van der Waals surface area contributed by atoms with Gasteiger partial charge in [0.25, 0.3) is 0 Å². The Kier molecular flexibility index (Phi) is 3.31. The lowest BCUT2D eigenvalue weighted by Gasteiger charge is -2.19. The largest absolute Gasteiger partial charge is 0.508 e. The van der Waals surface area contributed by atoms with E-state index in [9.17, 15) is 10.2 Å². The van der Waals surface area contributed by atoms with Gasteiger partial charge in [0.2, 0.25) is 0 Å². The zero-order valence-corrected chi connectivity index (χ0v) is 9.31. The van der Waals surface area contributed by atoms with E-state index in [4.69, 9.17) is 4.74 Å². The van der Waals surface area contributed by atoms with E-state index in [0.717, 1.165) is 25.2 Å². The van der Waals surface area contributed by atoms with Crippen LogP contribution in [0.2, 0.25) is 0 Å². The molecule has 16 heavy (non-hydrogen) atoms. The average molecular weight is 223 g/mol. The minimum absolute atomic E-state index is 0.0877. The van der Waals surface area contributed by atoms with Crippen molar-refractivity contribution in [3.8, 4) is 11.5 Å². The molecule has 2 rings (SSSR count). The van der Waals surface area contributed by atoms with Crippen LogP contribution in [-0.4, -0.2) is 29.5 Å². The summed E-state index contributed by atoms with van der Waals surface area (Å²) in [5.74, 6) is 0.178. The molecule has 1 aliphatic rings. The molecule has 0 aliphatic carbocycles. The van der Waals surface area contributed by atoms with Crippen molar-refractivity contribution in [3.05, 3.63) is 23.8 Å². The molecule has 1 saturated heterocycles. The van der Waals surface area contributed by atoms with Crippen molar-refractivity contribution >= 4 is 0 Å². The van der Waals surface area contributed by atoms with Crippen LogP contribution in [-0.2, 0) is 4.74 Å². The molecule has 2 atom stereocenters. The Labute approximate surface area is 94.9 Å². The first kappa shape index (κ1) is 11.2. The second-order valence-electron chi connectivity index (χ2n) is 4.23. The van der Waals surface area contributed by atoms with Crippen LogP contribution in [0.3, 0.4) is 0 Å². The van der Waals surface area contributed by atoms with E-state index < -0.39 is 0 Å². The third-order valence-corrected chi connectivity index (χ3v) is 2.84. The van der Waals surface area contributed by atoms with E-state index in [-0.39, 0.29) is 17.5 Å². The Balaban J connectivity index is 2.04. The summed E-state index contributed by atoms with van der Waals surface area (Å²) in [6, 6.07) is 5.10. The SMILES string of the molecule is CC(NC1CCOC1)c1cc(O)cc(O)c1. The van der Waals surface area contributed by atoms with Crippen LogP contribution in [0, 0.1) is 0 Å². The summed E-state index contributed by atoms with van der Waals surface area (Å²) in [5, 5.41) is 22.2. The molecule has 0 saturated carbocycles. The summed E-state index contributed by atoms with van der Waals surface area (Å²) >= 11 is 0. The van der Waals surface area contributed by atoms with Gasteiger partial charge >= 0.3 is 0 Å². The summed E-state index contributed by atoms with van der Waals surface area (Å²) in [4.78, 5) is 0. The smallest absolute Gasteiger partial charge is 0.119 e. The summed E-state index contributed by atoms with van der Waals surface area (Å²) in [6.07, 6.45) is 1.01. The van der Waals surface area contributed by atoms with Gasteiger partial charge in [0.1, 0.15) is 11.5 Å². The average Bonchev–Trinajstić information content (AvgIpc) is 2.68. The van der Waals surface area contributed by atoms with Crippen LogP contribution >= 0.6 is 0 Å². The van der Waals surface area contributed by atoms with Crippen molar-refractivity contribution in [1.29, 1.82) is 0 Å². The molecule has 0 bridgehead atoms. The summed E-state index contributed by atoms with van der Waals surface area (Å²) < 4.78 is 5.28. The molecule has 1 aromatic carbocycles. The van der Waals surface area contributed by atoms with Crippen LogP contribution in [0.15, 0.2) is 18.2 Å². The molecular weight excluding hydrogens is 206 g/mol. The third-order valence-electron chi connectivity index (χ3n) is 2.84. The molecule has 0 amide bonds. The Morgan fingerprint density at radius 3 is 2.56 bits per heavy atom. The minimum Gasteiger partial charge on any atom is -0.508 e. The predicted molar refractivity (Wildman–Crippen MR) is 60.5 cm³/mol. The van der Waals surface area contributed by atoms with Crippen LogP contribution in [0.5, 0.6) is 11.5 Å². The summed E-state index contributed by atoms with van der Waals surface area (Å²) in [5.41, 5.74) is 0.879. The highest BCUT2D eigenvalue weighted by molar-refractivity contribution is 5.37. The maximum atomic E-state index is 9.39. The number of ether oxygens (including phenoxy) is 1. The molecule has 0 aromatic heterocycles. The predicted octanol–water partition coefficient (Wildman–Crippen LogP) is 1.54. The van der Waals surface area contributed by atoms with Gasteiger partial charge in [-0.1, -0.05) is 0 Å². The topological polar surface area (TPSA) is 61.7 Å². The van der Waals surface area contributed by atoms with E-state index in [1.54, 1.807) is 12.1 Å². The standard InChI is InChI=1S/C12H17NO3/c1-8(13-10-2-3-16-7-10)9-4-11(14)6-12(15)5-9/h4-6,8,10,13-15H,2-3,7H2,1H3. The zero-order valence-electron chi connectivity index (χ0n) is 9.31. The Bertz CT molecular complexity index is 341. The molecule has 0 radical (unpaired) electrons. The van der Waals surface area contributed by atoms with Gasteiger partial charge in [0.05, 0.1) is 6.61 Å². The highest BCUT2D eigenvalue weighted by Crippen LogP contribution is 2.25. The van der Waals surface area contributed by atoms with Gasteiger partial charge < -0.3 is 20.3 Å². The van der Waals surface area contributed by atoms with Gasteiger partial charge in [-0.25, -0.2) is 0 Å². The minimum atomic E-state index is 0.0877. The van der Waals surface area contributed by atoms with Crippen molar-refractivity contribution in [1.82, 2.24) is 5.32 Å². The quantitative estimate of drug-likeness (QED) is 0.727. The fourth-order valence-electron chi connectivity index (χ4n) is 1.98. The number of phenols is 2. The van der Waals surface area contributed by atoms with Crippen molar-refractivity contribution in [3.63, 3.8) is 0 Å². The maximum Gasteiger partial charge on any atom is 0.119 e. The zero-order chi connectivity index (χ0) is 11.5. The molecule has 4 heteroatoms. The highest BCUT2D eigenvalue weighted by atomic mass is 16.5. The first-order chi connectivity index (χ1) is 7.65. The van der Waals surface area contributed by atoms with Crippen molar-refractivity contribution in [2.75, 3.05) is 13.2 Å². The van der Waals surface area contributed by atoms with Gasteiger partial charge in [-0.2, -0.15) is 0 Å². The van der Waals surface area contributed by atoms with Crippen LogP contribution in [0.1, 0.15) is 24.9 Å². The number of nitrogens with one attached hydrogen (secondary N) is 1. The maximum absolute atomic E-state index is 9.39. The van der Waals surface area contributed by atoms with Crippen molar-refractivity contribution < 1.29 is 14.9 Å².